The van der Waals surface area contributed by atoms with Crippen LogP contribution in [0.15, 0.2) is 12.1 Å². The number of ether oxygens (including phenoxy) is 1. The molecule has 16 heavy (non-hydrogen) atoms. The third-order valence-electron chi connectivity index (χ3n) is 2.02. The van der Waals surface area contributed by atoms with E-state index in [2.05, 4.69) is 0 Å². The van der Waals surface area contributed by atoms with Crippen LogP contribution in [-0.2, 0) is 4.79 Å². The van der Waals surface area contributed by atoms with Gasteiger partial charge >= 0.3 is 5.97 Å². The first-order chi connectivity index (χ1) is 7.47. The van der Waals surface area contributed by atoms with Gasteiger partial charge in [0, 0.05) is 5.56 Å². The molecule has 86 valence electrons. The number of halogens is 1. The number of carboxylic acid groups (broad SMARTS) is 1. The molecule has 1 N–H and O–H groups in total. The number of rotatable bonds is 4. The van der Waals surface area contributed by atoms with Crippen molar-refractivity contribution >= 4 is 23.4 Å². The van der Waals surface area contributed by atoms with Crippen LogP contribution in [0.1, 0.15) is 22.8 Å². The second-order valence-electron chi connectivity index (χ2n) is 3.16. The lowest BCUT2D eigenvalue weighted by Gasteiger charge is -2.09. The highest BCUT2D eigenvalue weighted by molar-refractivity contribution is 6.41. The van der Waals surface area contributed by atoms with Gasteiger partial charge in [-0.25, -0.2) is 4.79 Å². The fourth-order valence-electron chi connectivity index (χ4n) is 1.28. The summed E-state index contributed by atoms with van der Waals surface area (Å²) in [5.74, 6) is -2.02. The lowest BCUT2D eigenvalue weighted by molar-refractivity contribution is -0.131. The molecule has 0 fully saturated rings. The molecule has 0 bridgehead atoms. The molecule has 0 heterocycles. The molecule has 0 aliphatic heterocycles. The number of carbonyl (C=O) groups is 2. The monoisotopic (exact) mass is 242 g/mol. The minimum atomic E-state index is -1.50. The van der Waals surface area contributed by atoms with E-state index in [1.54, 1.807) is 13.0 Å². The van der Waals surface area contributed by atoms with Gasteiger partial charge < -0.3 is 9.84 Å². The molecule has 0 aromatic heterocycles. The maximum Gasteiger partial charge on any atom is 0.377 e. The lowest BCUT2D eigenvalue weighted by Crippen LogP contribution is -2.14. The Bertz CT molecular complexity index is 440. The summed E-state index contributed by atoms with van der Waals surface area (Å²) in [5, 5.41) is 8.83. The van der Waals surface area contributed by atoms with Crippen molar-refractivity contribution in [3.63, 3.8) is 0 Å². The second-order valence-corrected chi connectivity index (χ2v) is 3.57. The molecule has 0 saturated heterocycles. The average Bonchev–Trinajstić information content (AvgIpc) is 2.22. The van der Waals surface area contributed by atoms with Crippen molar-refractivity contribution in [2.45, 2.75) is 13.8 Å². The standard InChI is InChI=1S/C11H11ClO4/c1-3-16-9-4-6(2)7(5-8(9)12)10(13)11(14)15/h4-5H,3H2,1-2H3,(H,14,15). The van der Waals surface area contributed by atoms with E-state index in [1.807, 2.05) is 6.92 Å². The van der Waals surface area contributed by atoms with Crippen LogP contribution in [0.25, 0.3) is 0 Å². The maximum absolute atomic E-state index is 11.3. The molecule has 1 rings (SSSR count). The van der Waals surface area contributed by atoms with E-state index >= 15 is 0 Å². The van der Waals surface area contributed by atoms with E-state index < -0.39 is 11.8 Å². The largest absolute Gasteiger partial charge is 0.492 e. The molecular weight excluding hydrogens is 232 g/mol. The van der Waals surface area contributed by atoms with Gasteiger partial charge in [0.15, 0.2) is 0 Å². The van der Waals surface area contributed by atoms with Crippen molar-refractivity contribution < 1.29 is 19.4 Å². The average molecular weight is 243 g/mol. The van der Waals surface area contributed by atoms with E-state index in [-0.39, 0.29) is 10.6 Å². The number of carbonyl (C=O) groups excluding carboxylic acids is 1. The van der Waals surface area contributed by atoms with E-state index in [9.17, 15) is 9.59 Å². The van der Waals surface area contributed by atoms with E-state index in [1.165, 1.54) is 6.07 Å². The van der Waals surface area contributed by atoms with Crippen LogP contribution in [0, 0.1) is 6.92 Å². The van der Waals surface area contributed by atoms with Crippen LogP contribution in [0.4, 0.5) is 0 Å². The first-order valence-electron chi connectivity index (χ1n) is 4.68. The molecule has 0 atom stereocenters. The third-order valence-corrected chi connectivity index (χ3v) is 2.31. The number of hydrogen-bond donors (Lipinski definition) is 1. The molecule has 0 amide bonds. The Hall–Kier alpha value is -1.55. The van der Waals surface area contributed by atoms with Gasteiger partial charge in [-0.2, -0.15) is 0 Å². The van der Waals surface area contributed by atoms with Gasteiger partial charge in [-0.1, -0.05) is 11.6 Å². The van der Waals surface area contributed by atoms with Crippen LogP contribution in [0.2, 0.25) is 5.02 Å². The van der Waals surface area contributed by atoms with Crippen LogP contribution < -0.4 is 4.74 Å². The Labute approximate surface area is 97.8 Å². The Morgan fingerprint density at radius 1 is 1.44 bits per heavy atom. The predicted molar refractivity (Wildman–Crippen MR) is 59.3 cm³/mol. The molecule has 0 unspecified atom stereocenters. The van der Waals surface area contributed by atoms with E-state index in [0.29, 0.717) is 17.9 Å². The third kappa shape index (κ3) is 2.52. The smallest absolute Gasteiger partial charge is 0.377 e. The fraction of sp³-hybridized carbons (Fsp3) is 0.273. The molecule has 0 spiro atoms. The topological polar surface area (TPSA) is 63.6 Å². The van der Waals surface area contributed by atoms with Crippen molar-refractivity contribution in [2.24, 2.45) is 0 Å². The van der Waals surface area contributed by atoms with Crippen molar-refractivity contribution in [2.75, 3.05) is 6.61 Å². The van der Waals surface area contributed by atoms with Crippen LogP contribution in [0.5, 0.6) is 5.75 Å². The highest BCUT2D eigenvalue weighted by atomic mass is 35.5. The maximum atomic E-state index is 11.3. The van der Waals surface area contributed by atoms with Crippen molar-refractivity contribution in [1.29, 1.82) is 0 Å². The highest BCUT2D eigenvalue weighted by Crippen LogP contribution is 2.28. The van der Waals surface area contributed by atoms with Gasteiger partial charge in [-0.05, 0) is 31.5 Å². The molecule has 0 radical (unpaired) electrons. The zero-order valence-electron chi connectivity index (χ0n) is 8.91. The molecule has 0 saturated carbocycles. The summed E-state index contributed by atoms with van der Waals surface area (Å²) in [6.45, 7) is 3.89. The fourth-order valence-corrected chi connectivity index (χ4v) is 1.50. The normalized spacial score (nSPS) is 9.94. The molecule has 0 aliphatic carbocycles. The van der Waals surface area contributed by atoms with Crippen molar-refractivity contribution in [1.82, 2.24) is 0 Å². The number of carboxylic acids is 1. The molecule has 4 nitrogen and oxygen atoms in total. The minimum absolute atomic E-state index is 0.0842. The van der Waals surface area contributed by atoms with Crippen LogP contribution in [0.3, 0.4) is 0 Å². The quantitative estimate of drug-likeness (QED) is 0.650. The van der Waals surface area contributed by atoms with Gasteiger partial charge in [-0.3, -0.25) is 4.79 Å². The zero-order valence-corrected chi connectivity index (χ0v) is 9.67. The van der Waals surface area contributed by atoms with E-state index in [4.69, 9.17) is 21.4 Å². The number of hydrogen-bond acceptors (Lipinski definition) is 3. The Kier molecular flexibility index (Phi) is 3.90. The number of aliphatic carboxylic acids is 1. The second kappa shape index (κ2) is 4.99. The summed E-state index contributed by atoms with van der Waals surface area (Å²) in [6.07, 6.45) is 0. The molecular formula is C11H11ClO4. The SMILES string of the molecule is CCOc1cc(C)c(C(=O)C(=O)O)cc1Cl. The van der Waals surface area contributed by atoms with Gasteiger partial charge in [0.2, 0.25) is 0 Å². The zero-order chi connectivity index (χ0) is 12.3. The number of benzene rings is 1. The number of aryl methyl sites for hydroxylation is 1. The number of Topliss-reactive ketones (excluding diaryl/α,β-unsaturated/α-hetero) is 1. The Morgan fingerprint density at radius 3 is 2.56 bits per heavy atom. The Morgan fingerprint density at radius 2 is 2.06 bits per heavy atom. The van der Waals surface area contributed by atoms with E-state index in [0.717, 1.165) is 0 Å². The first-order valence-corrected chi connectivity index (χ1v) is 5.05. The molecule has 1 aromatic rings. The Balaban J connectivity index is 3.20. The highest BCUT2D eigenvalue weighted by Gasteiger charge is 2.19. The summed E-state index contributed by atoms with van der Waals surface area (Å²) < 4.78 is 5.22. The van der Waals surface area contributed by atoms with Crippen molar-refractivity contribution in [3.8, 4) is 5.75 Å². The summed E-state index contributed by atoms with van der Waals surface area (Å²) >= 11 is 5.86. The van der Waals surface area contributed by atoms with Crippen molar-refractivity contribution in [3.05, 3.63) is 28.3 Å². The van der Waals surface area contributed by atoms with Gasteiger partial charge in [0.25, 0.3) is 5.78 Å². The van der Waals surface area contributed by atoms with Crippen LogP contribution in [-0.4, -0.2) is 23.5 Å². The van der Waals surface area contributed by atoms with Gasteiger partial charge in [0.05, 0.1) is 11.6 Å². The molecule has 1 aromatic carbocycles. The summed E-state index contributed by atoms with van der Waals surface area (Å²) in [5.41, 5.74) is 0.612. The summed E-state index contributed by atoms with van der Waals surface area (Å²) in [7, 11) is 0. The molecule has 0 aliphatic rings. The first kappa shape index (κ1) is 12.5. The lowest BCUT2D eigenvalue weighted by atomic mass is 10.0. The summed E-state index contributed by atoms with van der Waals surface area (Å²) in [6, 6.07) is 2.88. The van der Waals surface area contributed by atoms with Crippen LogP contribution >= 0.6 is 11.6 Å². The molecule has 5 heteroatoms. The van der Waals surface area contributed by atoms with Gasteiger partial charge in [-0.15, -0.1) is 0 Å². The summed E-state index contributed by atoms with van der Waals surface area (Å²) in [4.78, 5) is 21.8. The predicted octanol–water partition coefficient (Wildman–Crippen LogP) is 2.31. The van der Waals surface area contributed by atoms with Gasteiger partial charge in [0.1, 0.15) is 5.75 Å². The minimum Gasteiger partial charge on any atom is -0.492 e. The number of ketones is 1.